The van der Waals surface area contributed by atoms with Crippen LogP contribution in [-0.2, 0) is 24.4 Å². The fraction of sp³-hybridized carbons (Fsp3) is 0.348. The molecule has 4 amide bonds. The Morgan fingerprint density at radius 2 is 2.06 bits per heavy atom. The van der Waals surface area contributed by atoms with E-state index in [0.717, 1.165) is 34.4 Å². The lowest BCUT2D eigenvalue weighted by molar-refractivity contribution is -0.124. The molecule has 3 N–H and O–H groups in total. The number of nitrogens with one attached hydrogen (secondary N) is 3. The number of allylic oxidation sites excluding steroid dienone is 1. The van der Waals surface area contributed by atoms with E-state index in [1.54, 1.807) is 4.90 Å². The van der Waals surface area contributed by atoms with E-state index in [4.69, 9.17) is 11.6 Å². The maximum atomic E-state index is 12.9. The molecule has 1 fully saturated rings. The number of benzene rings is 1. The molecule has 3 heterocycles. The summed E-state index contributed by atoms with van der Waals surface area (Å²) >= 11 is 7.48. The average molecular weight is 473 g/mol. The lowest BCUT2D eigenvalue weighted by Gasteiger charge is -2.25. The van der Waals surface area contributed by atoms with Crippen LogP contribution in [0.5, 0.6) is 0 Å². The average Bonchev–Trinajstić information content (AvgIpc) is 3.23. The molecule has 0 unspecified atom stereocenters. The van der Waals surface area contributed by atoms with Crippen LogP contribution in [-0.4, -0.2) is 28.8 Å². The predicted molar refractivity (Wildman–Crippen MR) is 124 cm³/mol. The van der Waals surface area contributed by atoms with Gasteiger partial charge in [-0.05, 0) is 55.0 Å². The van der Waals surface area contributed by atoms with E-state index >= 15 is 0 Å². The van der Waals surface area contributed by atoms with Gasteiger partial charge in [0.05, 0.1) is 11.4 Å². The summed E-state index contributed by atoms with van der Waals surface area (Å²) in [6.45, 7) is 6.88. The molecule has 1 aromatic heterocycles. The van der Waals surface area contributed by atoms with Crippen molar-refractivity contribution < 1.29 is 14.4 Å². The number of fused-ring (bicyclic) bond motifs is 1. The highest BCUT2D eigenvalue weighted by atomic mass is 35.5. The Kier molecular flexibility index (Phi) is 6.53. The third-order valence-electron chi connectivity index (χ3n) is 5.70. The van der Waals surface area contributed by atoms with E-state index < -0.39 is 6.04 Å². The minimum atomic E-state index is -0.469. The molecule has 1 saturated heterocycles. The number of rotatable bonds is 5. The minimum absolute atomic E-state index is 0.121. The zero-order chi connectivity index (χ0) is 22.8. The predicted octanol–water partition coefficient (Wildman–Crippen LogP) is 3.85. The molecule has 9 heteroatoms. The maximum absolute atomic E-state index is 12.9. The first-order valence-electron chi connectivity index (χ1n) is 10.5. The maximum Gasteiger partial charge on any atom is 0.315 e. The van der Waals surface area contributed by atoms with Gasteiger partial charge < -0.3 is 20.9 Å². The van der Waals surface area contributed by atoms with Crippen LogP contribution in [0.25, 0.3) is 0 Å². The van der Waals surface area contributed by atoms with Gasteiger partial charge in [0.2, 0.25) is 5.91 Å². The summed E-state index contributed by atoms with van der Waals surface area (Å²) < 4.78 is 0. The third-order valence-corrected chi connectivity index (χ3v) is 7.28. The van der Waals surface area contributed by atoms with E-state index in [9.17, 15) is 14.4 Å². The molecule has 7 nitrogen and oxygen atoms in total. The molecular formula is C23H25ClN4O3S. The fourth-order valence-electron chi connectivity index (χ4n) is 3.92. The van der Waals surface area contributed by atoms with E-state index in [-0.39, 0.29) is 17.8 Å². The molecular weight excluding hydrogens is 448 g/mol. The second-order valence-electron chi connectivity index (χ2n) is 8.12. The zero-order valence-corrected chi connectivity index (χ0v) is 19.4. The van der Waals surface area contributed by atoms with E-state index in [1.165, 1.54) is 11.3 Å². The van der Waals surface area contributed by atoms with Crippen molar-refractivity contribution in [3.63, 3.8) is 0 Å². The van der Waals surface area contributed by atoms with Crippen LogP contribution in [0, 0.1) is 6.92 Å². The number of carbonyl (C=O) groups excluding carboxylic acids is 3. The molecule has 168 valence electrons. The van der Waals surface area contributed by atoms with Crippen LogP contribution in [0.2, 0.25) is 5.02 Å². The van der Waals surface area contributed by atoms with Crippen LogP contribution >= 0.6 is 22.9 Å². The highest BCUT2D eigenvalue weighted by Crippen LogP contribution is 2.33. The molecule has 0 radical (unpaired) electrons. The first-order chi connectivity index (χ1) is 15.3. The molecule has 2 aliphatic heterocycles. The Bertz CT molecular complexity index is 1100. The summed E-state index contributed by atoms with van der Waals surface area (Å²) in [7, 11) is 0. The number of thiophene rings is 1. The lowest BCUT2D eigenvalue weighted by Crippen LogP contribution is -2.45. The Balaban J connectivity index is 1.30. The standard InChI is InChI=1S/C23H25ClN4O3S/c1-13-6-7-15(8-18(13)24)10-25-23(31)26-11-17-9-16-12-28(22(30)20(16)32-17)19-5-3-4-14(2)27-21(19)29/h6-9,19H,2-5,10-12H2,1H3,(H,27,29)(H2,25,26,31)/t19-/m0/s1. The first kappa shape index (κ1) is 22.4. The molecule has 32 heavy (non-hydrogen) atoms. The van der Waals surface area contributed by atoms with Gasteiger partial charge in [-0.1, -0.05) is 30.3 Å². The van der Waals surface area contributed by atoms with Crippen molar-refractivity contribution in [1.29, 1.82) is 0 Å². The Morgan fingerprint density at radius 3 is 2.81 bits per heavy atom. The molecule has 0 bridgehead atoms. The molecule has 0 aliphatic carbocycles. The highest BCUT2D eigenvalue weighted by Gasteiger charge is 2.38. The normalized spacial score (nSPS) is 18.2. The van der Waals surface area contributed by atoms with Gasteiger partial charge in [-0.25, -0.2) is 4.79 Å². The Hall–Kier alpha value is -2.84. The Labute approximate surface area is 195 Å². The minimum Gasteiger partial charge on any atom is -0.334 e. The molecule has 4 rings (SSSR count). The summed E-state index contributed by atoms with van der Waals surface area (Å²) in [5, 5.41) is 9.10. The molecule has 1 aromatic carbocycles. The quantitative estimate of drug-likeness (QED) is 0.617. The first-order valence-corrected chi connectivity index (χ1v) is 11.7. The number of amides is 4. The van der Waals surface area contributed by atoms with Crippen molar-refractivity contribution in [3.8, 4) is 0 Å². The molecule has 0 saturated carbocycles. The van der Waals surface area contributed by atoms with Crippen LogP contribution in [0.4, 0.5) is 4.79 Å². The van der Waals surface area contributed by atoms with Crippen molar-refractivity contribution in [2.24, 2.45) is 0 Å². The van der Waals surface area contributed by atoms with Gasteiger partial charge in [-0.2, -0.15) is 0 Å². The largest absolute Gasteiger partial charge is 0.334 e. The van der Waals surface area contributed by atoms with Crippen LogP contribution in [0.3, 0.4) is 0 Å². The number of carbonyl (C=O) groups is 3. The number of nitrogens with zero attached hydrogens (tertiary/aromatic N) is 1. The van der Waals surface area contributed by atoms with Gasteiger partial charge in [0.1, 0.15) is 6.04 Å². The summed E-state index contributed by atoms with van der Waals surface area (Å²) in [6.07, 6.45) is 2.19. The fourth-order valence-corrected chi connectivity index (χ4v) is 5.19. The topological polar surface area (TPSA) is 90.5 Å². The third kappa shape index (κ3) is 4.81. The molecule has 1 atom stereocenters. The number of hydrogen-bond acceptors (Lipinski definition) is 4. The van der Waals surface area contributed by atoms with Gasteiger partial charge in [-0.15, -0.1) is 11.3 Å². The summed E-state index contributed by atoms with van der Waals surface area (Å²) in [4.78, 5) is 40.7. The van der Waals surface area contributed by atoms with Gasteiger partial charge in [0.25, 0.3) is 5.91 Å². The molecule has 2 aromatic rings. The highest BCUT2D eigenvalue weighted by molar-refractivity contribution is 7.14. The SMILES string of the molecule is C=C1CCC[C@H](N2Cc3cc(CNC(=O)NCc4ccc(C)c(Cl)c4)sc3C2=O)C(=O)N1. The molecule has 0 spiro atoms. The monoisotopic (exact) mass is 472 g/mol. The number of hydrogen-bond donors (Lipinski definition) is 3. The number of urea groups is 1. The van der Waals surface area contributed by atoms with E-state index in [2.05, 4.69) is 22.5 Å². The van der Waals surface area contributed by atoms with Gasteiger partial charge >= 0.3 is 6.03 Å². The number of aryl methyl sites for hydroxylation is 1. The summed E-state index contributed by atoms with van der Waals surface area (Å²) in [5.41, 5.74) is 3.52. The van der Waals surface area contributed by atoms with E-state index in [1.807, 2.05) is 31.2 Å². The van der Waals surface area contributed by atoms with Crippen molar-refractivity contribution in [2.45, 2.75) is 51.9 Å². The van der Waals surface area contributed by atoms with Crippen molar-refractivity contribution in [2.75, 3.05) is 0 Å². The van der Waals surface area contributed by atoms with Gasteiger partial charge in [0.15, 0.2) is 0 Å². The van der Waals surface area contributed by atoms with Gasteiger partial charge in [-0.3, -0.25) is 9.59 Å². The van der Waals surface area contributed by atoms with Crippen molar-refractivity contribution >= 4 is 40.8 Å². The van der Waals surface area contributed by atoms with Crippen molar-refractivity contribution in [3.05, 3.63) is 68.0 Å². The van der Waals surface area contributed by atoms with Crippen LogP contribution in [0.15, 0.2) is 36.5 Å². The Morgan fingerprint density at radius 1 is 1.28 bits per heavy atom. The summed E-state index contributed by atoms with van der Waals surface area (Å²) in [6, 6.07) is 6.85. The second kappa shape index (κ2) is 9.34. The van der Waals surface area contributed by atoms with Crippen LogP contribution < -0.4 is 16.0 Å². The van der Waals surface area contributed by atoms with Crippen LogP contribution in [0.1, 0.15) is 50.5 Å². The van der Waals surface area contributed by atoms with Crippen molar-refractivity contribution in [1.82, 2.24) is 20.9 Å². The summed E-state index contributed by atoms with van der Waals surface area (Å²) in [5.74, 6) is -0.283. The smallest absolute Gasteiger partial charge is 0.315 e. The second-order valence-corrected chi connectivity index (χ2v) is 9.66. The molecule has 2 aliphatic rings. The zero-order valence-electron chi connectivity index (χ0n) is 17.8. The van der Waals surface area contributed by atoms with E-state index in [0.29, 0.717) is 41.7 Å². The lowest BCUT2D eigenvalue weighted by atomic mass is 10.1. The van der Waals surface area contributed by atoms with Gasteiger partial charge in [0, 0.05) is 28.7 Å². The number of halogens is 1.